The number of H-pyrrole nitrogens is 1. The summed E-state index contributed by atoms with van der Waals surface area (Å²) in [5, 5.41) is 5.43. The molecule has 2 fully saturated rings. The molecule has 0 aliphatic carbocycles. The molecule has 2 aliphatic rings. The van der Waals surface area contributed by atoms with Gasteiger partial charge in [-0.15, -0.1) is 0 Å². The van der Waals surface area contributed by atoms with Crippen molar-refractivity contribution in [3.05, 3.63) is 35.6 Å². The minimum absolute atomic E-state index is 0.0132. The number of nitrogens with one attached hydrogen (secondary N) is 2. The van der Waals surface area contributed by atoms with Gasteiger partial charge in [0.1, 0.15) is 6.04 Å². The van der Waals surface area contributed by atoms with E-state index in [-0.39, 0.29) is 37.2 Å². The molecule has 2 saturated heterocycles. The number of aromatic nitrogens is 2. The third-order valence-corrected chi connectivity index (χ3v) is 7.02. The first-order chi connectivity index (χ1) is 17.1. The summed E-state index contributed by atoms with van der Waals surface area (Å²) in [5.41, 5.74) is 1.72. The number of rotatable bonds is 4. The fraction of sp³-hybridized carbons (Fsp3) is 0.500. The number of nitrogens with zero attached hydrogens (tertiary/aromatic N) is 3. The van der Waals surface area contributed by atoms with Gasteiger partial charge in [0.15, 0.2) is 0 Å². The van der Waals surface area contributed by atoms with Crippen LogP contribution in [0, 0.1) is 0 Å². The Labute approximate surface area is 215 Å². The average molecular weight is 514 g/mol. The second-order valence-electron chi connectivity index (χ2n) is 10.5. The topological polar surface area (TPSA) is 99.8 Å². The van der Waals surface area contributed by atoms with Crippen LogP contribution in [0.4, 0.5) is 5.69 Å². The molecular formula is C26H32ClN5O4. The van der Waals surface area contributed by atoms with E-state index >= 15 is 0 Å². The highest BCUT2D eigenvalue weighted by Gasteiger charge is 2.39. The van der Waals surface area contributed by atoms with Gasteiger partial charge in [0, 0.05) is 41.6 Å². The number of halogens is 1. The predicted octanol–water partition coefficient (Wildman–Crippen LogP) is 3.42. The standard InChI is InChI=1S/C26H32ClN5O4/c1-15-10-31(11-16(2)36-15)23(33)12-32-14-26(3,4)35-13-22(32)25(34)30-20-8-17(27)7-19-18-5-6-28-9-21(18)29-24(19)20/h5-9,15-16,22,29H,10-14H2,1-4H3,(H,30,34)/t15-,16?,22?/m0/s1. The number of pyridine rings is 1. The van der Waals surface area contributed by atoms with Gasteiger partial charge in [-0.25, -0.2) is 0 Å². The van der Waals surface area contributed by atoms with Gasteiger partial charge in [-0.1, -0.05) is 11.6 Å². The number of amides is 2. The van der Waals surface area contributed by atoms with E-state index in [1.165, 1.54) is 0 Å². The minimum atomic E-state index is -0.627. The molecule has 0 saturated carbocycles. The largest absolute Gasteiger partial charge is 0.372 e. The summed E-state index contributed by atoms with van der Waals surface area (Å²) in [4.78, 5) is 38.1. The lowest BCUT2D eigenvalue weighted by Gasteiger charge is -2.43. The van der Waals surface area contributed by atoms with Crippen LogP contribution >= 0.6 is 11.6 Å². The van der Waals surface area contributed by atoms with Crippen molar-refractivity contribution in [2.75, 3.05) is 38.1 Å². The Balaban J connectivity index is 1.39. The van der Waals surface area contributed by atoms with Gasteiger partial charge in [0.25, 0.3) is 0 Å². The summed E-state index contributed by atoms with van der Waals surface area (Å²) in [6.45, 7) is 9.73. The van der Waals surface area contributed by atoms with E-state index in [1.54, 1.807) is 18.5 Å². The smallest absolute Gasteiger partial charge is 0.244 e. The summed E-state index contributed by atoms with van der Waals surface area (Å²) >= 11 is 6.42. The first-order valence-electron chi connectivity index (χ1n) is 12.3. The van der Waals surface area contributed by atoms with Crippen molar-refractivity contribution in [2.45, 2.75) is 51.5 Å². The van der Waals surface area contributed by atoms with Crippen molar-refractivity contribution in [3.8, 4) is 0 Å². The monoisotopic (exact) mass is 513 g/mol. The summed E-state index contributed by atoms with van der Waals surface area (Å²) < 4.78 is 11.8. The molecular weight excluding hydrogens is 482 g/mol. The van der Waals surface area contributed by atoms with Crippen LogP contribution in [0.25, 0.3) is 21.8 Å². The van der Waals surface area contributed by atoms with Gasteiger partial charge >= 0.3 is 0 Å². The fourth-order valence-electron chi connectivity index (χ4n) is 5.25. The molecule has 4 heterocycles. The fourth-order valence-corrected chi connectivity index (χ4v) is 5.47. The van der Waals surface area contributed by atoms with Crippen LogP contribution in [0.2, 0.25) is 5.02 Å². The molecule has 3 atom stereocenters. The van der Waals surface area contributed by atoms with Crippen molar-refractivity contribution < 1.29 is 19.1 Å². The van der Waals surface area contributed by atoms with Crippen LogP contribution in [0.5, 0.6) is 0 Å². The van der Waals surface area contributed by atoms with Crippen LogP contribution in [0.3, 0.4) is 0 Å². The lowest BCUT2D eigenvalue weighted by Crippen LogP contribution is -2.61. The highest BCUT2D eigenvalue weighted by atomic mass is 35.5. The molecule has 5 rings (SSSR count). The van der Waals surface area contributed by atoms with E-state index in [0.717, 1.165) is 21.8 Å². The molecule has 2 unspecified atom stereocenters. The van der Waals surface area contributed by atoms with Crippen molar-refractivity contribution >= 4 is 50.9 Å². The number of carbonyl (C=O) groups is 2. The first kappa shape index (κ1) is 25.0. The third-order valence-electron chi connectivity index (χ3n) is 6.80. The predicted molar refractivity (Wildman–Crippen MR) is 139 cm³/mol. The van der Waals surface area contributed by atoms with E-state index in [4.69, 9.17) is 21.1 Å². The van der Waals surface area contributed by atoms with Gasteiger partial charge in [-0.3, -0.25) is 19.5 Å². The maximum absolute atomic E-state index is 13.6. The summed E-state index contributed by atoms with van der Waals surface area (Å²) in [6, 6.07) is 4.88. The Morgan fingerprint density at radius 2 is 1.97 bits per heavy atom. The molecule has 0 bridgehead atoms. The molecule has 0 radical (unpaired) electrons. The Morgan fingerprint density at radius 1 is 1.22 bits per heavy atom. The SMILES string of the molecule is CC1CN(C(=O)CN2CC(C)(C)OCC2C(=O)Nc2cc(Cl)cc3c2[nH]c2cnccc23)C[C@H](C)O1. The molecule has 1 aromatic carbocycles. The van der Waals surface area contributed by atoms with E-state index in [0.29, 0.717) is 30.3 Å². The van der Waals surface area contributed by atoms with Gasteiger partial charge in [-0.05, 0) is 45.9 Å². The van der Waals surface area contributed by atoms with E-state index in [2.05, 4.69) is 15.3 Å². The van der Waals surface area contributed by atoms with Crippen molar-refractivity contribution in [3.63, 3.8) is 0 Å². The summed E-state index contributed by atoms with van der Waals surface area (Å²) in [7, 11) is 0. The molecule has 2 aromatic heterocycles. The maximum Gasteiger partial charge on any atom is 0.244 e. The van der Waals surface area contributed by atoms with Crippen LogP contribution in [0.1, 0.15) is 27.7 Å². The van der Waals surface area contributed by atoms with Crippen molar-refractivity contribution in [1.82, 2.24) is 19.8 Å². The number of morpholine rings is 2. The third kappa shape index (κ3) is 5.06. The number of anilines is 1. The number of carbonyl (C=O) groups excluding carboxylic acids is 2. The summed E-state index contributed by atoms with van der Waals surface area (Å²) in [6.07, 6.45) is 3.43. The number of ether oxygens (including phenoxy) is 2. The lowest BCUT2D eigenvalue weighted by molar-refractivity contribution is -0.156. The number of aromatic amines is 1. The highest BCUT2D eigenvalue weighted by molar-refractivity contribution is 6.33. The Morgan fingerprint density at radius 3 is 2.72 bits per heavy atom. The van der Waals surface area contributed by atoms with Crippen LogP contribution in [-0.2, 0) is 19.1 Å². The van der Waals surface area contributed by atoms with E-state index in [1.807, 2.05) is 49.6 Å². The quantitative estimate of drug-likeness (QED) is 0.554. The average Bonchev–Trinajstić information content (AvgIpc) is 3.16. The molecule has 0 spiro atoms. The molecule has 9 nitrogen and oxygen atoms in total. The Bertz CT molecular complexity index is 1300. The van der Waals surface area contributed by atoms with Gasteiger partial charge in [-0.2, -0.15) is 0 Å². The van der Waals surface area contributed by atoms with E-state index in [9.17, 15) is 9.59 Å². The molecule has 36 heavy (non-hydrogen) atoms. The highest BCUT2D eigenvalue weighted by Crippen LogP contribution is 2.33. The lowest BCUT2D eigenvalue weighted by atomic mass is 10.0. The zero-order valence-electron chi connectivity index (χ0n) is 21.0. The molecule has 2 N–H and O–H groups in total. The maximum atomic E-state index is 13.6. The number of benzene rings is 1. The number of hydrogen-bond donors (Lipinski definition) is 2. The van der Waals surface area contributed by atoms with Gasteiger partial charge < -0.3 is 24.7 Å². The molecule has 192 valence electrons. The normalized spacial score (nSPS) is 24.8. The zero-order valence-corrected chi connectivity index (χ0v) is 21.8. The van der Waals surface area contributed by atoms with Crippen LogP contribution in [0.15, 0.2) is 30.6 Å². The van der Waals surface area contributed by atoms with Crippen LogP contribution in [-0.4, -0.2) is 88.2 Å². The second-order valence-corrected chi connectivity index (χ2v) is 10.9. The van der Waals surface area contributed by atoms with Crippen molar-refractivity contribution in [2.24, 2.45) is 0 Å². The van der Waals surface area contributed by atoms with Crippen LogP contribution < -0.4 is 5.32 Å². The summed E-state index contributed by atoms with van der Waals surface area (Å²) in [5.74, 6) is -0.261. The number of hydrogen-bond acceptors (Lipinski definition) is 6. The Kier molecular flexibility index (Phi) is 6.67. The first-order valence-corrected chi connectivity index (χ1v) is 12.6. The molecule has 10 heteroatoms. The number of fused-ring (bicyclic) bond motifs is 3. The minimum Gasteiger partial charge on any atom is -0.372 e. The van der Waals surface area contributed by atoms with Crippen molar-refractivity contribution in [1.29, 1.82) is 0 Å². The second kappa shape index (κ2) is 9.63. The molecule has 2 aliphatic heterocycles. The van der Waals surface area contributed by atoms with Gasteiger partial charge in [0.2, 0.25) is 11.8 Å². The molecule has 3 aromatic rings. The van der Waals surface area contributed by atoms with E-state index < -0.39 is 11.6 Å². The molecule has 2 amide bonds. The Hall–Kier alpha value is -2.72. The zero-order chi connectivity index (χ0) is 25.6. The van der Waals surface area contributed by atoms with Gasteiger partial charge in [0.05, 0.1) is 53.9 Å².